The monoisotopic (exact) mass is 226 g/mol. The molecule has 1 aromatic carbocycles. The van der Waals surface area contributed by atoms with Crippen molar-refractivity contribution < 1.29 is 0 Å². The van der Waals surface area contributed by atoms with Crippen LogP contribution in [-0.2, 0) is 5.54 Å². The lowest BCUT2D eigenvalue weighted by Crippen LogP contribution is -2.35. The topological polar surface area (TPSA) is 24.9 Å². The number of nitrogens with one attached hydrogen (secondary N) is 1. The van der Waals surface area contributed by atoms with Gasteiger partial charge in [-0.25, -0.2) is 0 Å². The smallest absolute Gasteiger partial charge is 0.0702 e. The fourth-order valence-electron chi connectivity index (χ4n) is 2.93. The summed E-state index contributed by atoms with van der Waals surface area (Å²) in [5, 5.41) is 4.92. The maximum absolute atomic E-state index is 4.38. The summed E-state index contributed by atoms with van der Waals surface area (Å²) in [6.07, 6.45) is 5.53. The third-order valence-electron chi connectivity index (χ3n) is 4.00. The van der Waals surface area contributed by atoms with Crippen molar-refractivity contribution in [1.82, 2.24) is 10.3 Å². The molecule has 1 N–H and O–H groups in total. The van der Waals surface area contributed by atoms with E-state index in [1.54, 1.807) is 0 Å². The molecule has 1 aromatic heterocycles. The number of nitrogens with zero attached hydrogens (tertiary/aromatic N) is 1. The van der Waals surface area contributed by atoms with Gasteiger partial charge in [0.25, 0.3) is 0 Å². The highest BCUT2D eigenvalue weighted by Gasteiger charge is 2.33. The summed E-state index contributed by atoms with van der Waals surface area (Å²) in [7, 11) is 0. The summed E-state index contributed by atoms with van der Waals surface area (Å²) >= 11 is 0. The van der Waals surface area contributed by atoms with Gasteiger partial charge in [-0.3, -0.25) is 4.98 Å². The first-order valence-corrected chi connectivity index (χ1v) is 6.44. The molecule has 1 unspecified atom stereocenters. The van der Waals surface area contributed by atoms with Crippen molar-refractivity contribution in [2.45, 2.75) is 31.7 Å². The fraction of sp³-hybridized carbons (Fsp3) is 0.400. The van der Waals surface area contributed by atoms with Crippen molar-refractivity contribution in [2.24, 2.45) is 0 Å². The van der Waals surface area contributed by atoms with Gasteiger partial charge in [-0.1, -0.05) is 19.1 Å². The summed E-state index contributed by atoms with van der Waals surface area (Å²) in [6, 6.07) is 10.8. The lowest BCUT2D eigenvalue weighted by molar-refractivity contribution is 0.376. The molecule has 2 heterocycles. The number of hydrogen-bond donors (Lipinski definition) is 1. The molecule has 1 aliphatic rings. The van der Waals surface area contributed by atoms with E-state index in [-0.39, 0.29) is 5.54 Å². The standard InChI is InChI=1S/C15H18N2/c1-2-15(8-4-10-17-15)13-6-7-14-12(11-13)5-3-9-16-14/h3,5-7,9,11,17H,2,4,8,10H2,1H3. The Balaban J connectivity index is 2.10. The number of aromatic nitrogens is 1. The average Bonchev–Trinajstić information content (AvgIpc) is 2.88. The van der Waals surface area contributed by atoms with Crippen LogP contribution in [0.3, 0.4) is 0 Å². The van der Waals surface area contributed by atoms with Crippen LogP contribution >= 0.6 is 0 Å². The van der Waals surface area contributed by atoms with Crippen LogP contribution in [0.4, 0.5) is 0 Å². The quantitative estimate of drug-likeness (QED) is 0.850. The van der Waals surface area contributed by atoms with E-state index in [1.807, 2.05) is 12.3 Å². The molecule has 2 aromatic rings. The Kier molecular flexibility index (Phi) is 2.60. The number of rotatable bonds is 2. The zero-order valence-corrected chi connectivity index (χ0v) is 10.2. The molecule has 17 heavy (non-hydrogen) atoms. The second kappa shape index (κ2) is 4.11. The highest BCUT2D eigenvalue weighted by atomic mass is 15.0. The number of pyridine rings is 1. The summed E-state index contributed by atoms with van der Waals surface area (Å²) in [6.45, 7) is 3.41. The molecule has 2 nitrogen and oxygen atoms in total. The Labute approximate surface area is 102 Å². The highest BCUT2D eigenvalue weighted by Crippen LogP contribution is 2.35. The van der Waals surface area contributed by atoms with E-state index in [4.69, 9.17) is 0 Å². The molecule has 0 spiro atoms. The summed E-state index contributed by atoms with van der Waals surface area (Å²) in [5.41, 5.74) is 2.70. The minimum atomic E-state index is 0.198. The molecular formula is C15H18N2. The first-order chi connectivity index (χ1) is 8.34. The van der Waals surface area contributed by atoms with Crippen LogP contribution in [0, 0.1) is 0 Å². The van der Waals surface area contributed by atoms with Gasteiger partial charge in [-0.2, -0.15) is 0 Å². The van der Waals surface area contributed by atoms with Crippen molar-refractivity contribution in [3.05, 3.63) is 42.1 Å². The van der Waals surface area contributed by atoms with Crippen molar-refractivity contribution in [3.8, 4) is 0 Å². The van der Waals surface area contributed by atoms with Gasteiger partial charge in [0.1, 0.15) is 0 Å². The van der Waals surface area contributed by atoms with Gasteiger partial charge in [0.05, 0.1) is 5.52 Å². The van der Waals surface area contributed by atoms with Gasteiger partial charge < -0.3 is 5.32 Å². The van der Waals surface area contributed by atoms with Crippen molar-refractivity contribution >= 4 is 10.9 Å². The molecule has 0 bridgehead atoms. The zero-order chi connectivity index (χ0) is 11.7. The lowest BCUT2D eigenvalue weighted by atomic mass is 9.85. The second-order valence-electron chi connectivity index (χ2n) is 4.88. The van der Waals surface area contributed by atoms with Crippen LogP contribution in [-0.4, -0.2) is 11.5 Å². The minimum absolute atomic E-state index is 0.198. The van der Waals surface area contributed by atoms with Crippen LogP contribution in [0.15, 0.2) is 36.5 Å². The molecule has 0 radical (unpaired) electrons. The van der Waals surface area contributed by atoms with Crippen molar-refractivity contribution in [1.29, 1.82) is 0 Å². The minimum Gasteiger partial charge on any atom is -0.307 e. The zero-order valence-electron chi connectivity index (χ0n) is 10.2. The SMILES string of the molecule is CCC1(c2ccc3ncccc3c2)CCCN1. The Morgan fingerprint density at radius 1 is 1.35 bits per heavy atom. The Hall–Kier alpha value is -1.41. The molecular weight excluding hydrogens is 208 g/mol. The van der Waals surface area contributed by atoms with E-state index in [2.05, 4.69) is 41.5 Å². The van der Waals surface area contributed by atoms with Gasteiger partial charge in [-0.15, -0.1) is 0 Å². The molecule has 2 heteroatoms. The van der Waals surface area contributed by atoms with Crippen LogP contribution in [0.1, 0.15) is 31.7 Å². The molecule has 0 amide bonds. The van der Waals surface area contributed by atoms with E-state index in [0.717, 1.165) is 18.5 Å². The molecule has 88 valence electrons. The predicted molar refractivity (Wildman–Crippen MR) is 70.9 cm³/mol. The van der Waals surface area contributed by atoms with Gasteiger partial charge >= 0.3 is 0 Å². The Morgan fingerprint density at radius 3 is 3.06 bits per heavy atom. The van der Waals surface area contributed by atoms with Gasteiger partial charge in [0.15, 0.2) is 0 Å². The summed E-state index contributed by atoms with van der Waals surface area (Å²) in [4.78, 5) is 4.38. The van der Waals surface area contributed by atoms with E-state index in [9.17, 15) is 0 Å². The average molecular weight is 226 g/mol. The van der Waals surface area contributed by atoms with Crippen LogP contribution < -0.4 is 5.32 Å². The van der Waals surface area contributed by atoms with Gasteiger partial charge in [-0.05, 0) is 49.6 Å². The highest BCUT2D eigenvalue weighted by molar-refractivity contribution is 5.79. The number of benzene rings is 1. The van der Waals surface area contributed by atoms with Crippen molar-refractivity contribution in [3.63, 3.8) is 0 Å². The summed E-state index contributed by atoms with van der Waals surface area (Å²) < 4.78 is 0. The van der Waals surface area contributed by atoms with E-state index < -0.39 is 0 Å². The molecule has 0 aliphatic carbocycles. The van der Waals surface area contributed by atoms with Crippen LogP contribution in [0.25, 0.3) is 10.9 Å². The Bertz CT molecular complexity index is 527. The van der Waals surface area contributed by atoms with Gasteiger partial charge in [0.2, 0.25) is 0 Å². The summed E-state index contributed by atoms with van der Waals surface area (Å²) in [5.74, 6) is 0. The van der Waals surface area contributed by atoms with E-state index in [0.29, 0.717) is 0 Å². The van der Waals surface area contributed by atoms with Crippen molar-refractivity contribution in [2.75, 3.05) is 6.54 Å². The Morgan fingerprint density at radius 2 is 2.29 bits per heavy atom. The first-order valence-electron chi connectivity index (χ1n) is 6.44. The molecule has 1 saturated heterocycles. The fourth-order valence-corrected chi connectivity index (χ4v) is 2.93. The lowest BCUT2D eigenvalue weighted by Gasteiger charge is -2.29. The second-order valence-corrected chi connectivity index (χ2v) is 4.88. The van der Waals surface area contributed by atoms with E-state index >= 15 is 0 Å². The van der Waals surface area contributed by atoms with E-state index in [1.165, 1.54) is 23.8 Å². The number of hydrogen-bond acceptors (Lipinski definition) is 2. The third-order valence-corrected chi connectivity index (χ3v) is 4.00. The van der Waals surface area contributed by atoms with Gasteiger partial charge in [0, 0.05) is 17.1 Å². The third kappa shape index (κ3) is 1.73. The maximum Gasteiger partial charge on any atom is 0.0702 e. The molecule has 3 rings (SSSR count). The normalized spacial score (nSPS) is 24.3. The largest absolute Gasteiger partial charge is 0.307 e. The molecule has 1 atom stereocenters. The number of fused-ring (bicyclic) bond motifs is 1. The first kappa shape index (κ1) is 10.7. The van der Waals surface area contributed by atoms with Crippen LogP contribution in [0.5, 0.6) is 0 Å². The van der Waals surface area contributed by atoms with Crippen LogP contribution in [0.2, 0.25) is 0 Å². The molecule has 0 saturated carbocycles. The predicted octanol–water partition coefficient (Wildman–Crippen LogP) is 3.22. The molecule has 1 fully saturated rings. The molecule has 1 aliphatic heterocycles. The maximum atomic E-state index is 4.38.